The van der Waals surface area contributed by atoms with Gasteiger partial charge >= 0.3 is 0 Å². The van der Waals surface area contributed by atoms with Crippen molar-refractivity contribution in [2.24, 2.45) is 5.73 Å². The lowest BCUT2D eigenvalue weighted by Gasteiger charge is -2.12. The van der Waals surface area contributed by atoms with Gasteiger partial charge in [-0.25, -0.2) is 0 Å². The van der Waals surface area contributed by atoms with E-state index >= 15 is 0 Å². The molecule has 0 aliphatic carbocycles. The highest BCUT2D eigenvalue weighted by Crippen LogP contribution is 2.13. The molecule has 3 N–H and O–H groups in total. The van der Waals surface area contributed by atoms with Crippen LogP contribution in [-0.4, -0.2) is 33.5 Å². The van der Waals surface area contributed by atoms with Gasteiger partial charge in [0.25, 0.3) is 0 Å². The fraction of sp³-hybridized carbons (Fsp3) is 0.571. The average Bonchev–Trinajstić information content (AvgIpc) is 2.43. The molecular weight excluding hydrogens is 262 g/mol. The Bertz CT molecular complexity index is 398. The number of aliphatic hydroxyl groups excluding tert-OH is 1. The Balaban J connectivity index is 2.32. The van der Waals surface area contributed by atoms with Crippen molar-refractivity contribution in [2.75, 3.05) is 18.1 Å². The predicted molar refractivity (Wildman–Crippen MR) is 78.6 cm³/mol. The van der Waals surface area contributed by atoms with E-state index < -0.39 is 16.9 Å². The van der Waals surface area contributed by atoms with Gasteiger partial charge in [-0.2, -0.15) is 0 Å². The van der Waals surface area contributed by atoms with Gasteiger partial charge in [-0.05, 0) is 24.1 Å². The van der Waals surface area contributed by atoms with Gasteiger partial charge < -0.3 is 15.6 Å². The van der Waals surface area contributed by atoms with Crippen LogP contribution in [0.2, 0.25) is 0 Å². The third-order valence-corrected chi connectivity index (χ3v) is 4.18. The summed E-state index contributed by atoms with van der Waals surface area (Å²) in [6.07, 6.45) is 1.25. The molecule has 1 aromatic rings. The third-order valence-electron chi connectivity index (χ3n) is 2.68. The first-order valence-electron chi connectivity index (χ1n) is 6.60. The molecule has 0 aliphatic heterocycles. The summed E-state index contributed by atoms with van der Waals surface area (Å²) in [7, 11) is -0.964. The summed E-state index contributed by atoms with van der Waals surface area (Å²) in [6.45, 7) is 2.67. The fourth-order valence-corrected chi connectivity index (χ4v) is 2.91. The van der Waals surface area contributed by atoms with Crippen LogP contribution in [-0.2, 0) is 17.3 Å². The second-order valence-electron chi connectivity index (χ2n) is 4.48. The van der Waals surface area contributed by atoms with Crippen molar-refractivity contribution in [3.8, 4) is 5.75 Å². The number of hydrogen-bond donors (Lipinski definition) is 2. The first-order valence-corrected chi connectivity index (χ1v) is 8.09. The SMILES string of the molecule is CCCCS(=O)CC(O)COc1cccc(CN)c1. The molecule has 1 rings (SSSR count). The predicted octanol–water partition coefficient (Wildman–Crippen LogP) is 1.43. The first-order chi connectivity index (χ1) is 9.15. The molecule has 0 saturated heterocycles. The van der Waals surface area contributed by atoms with E-state index in [0.29, 0.717) is 18.0 Å². The molecule has 0 bridgehead atoms. The van der Waals surface area contributed by atoms with Gasteiger partial charge in [-0.3, -0.25) is 4.21 Å². The summed E-state index contributed by atoms with van der Waals surface area (Å²) >= 11 is 0. The van der Waals surface area contributed by atoms with Gasteiger partial charge in [-0.15, -0.1) is 0 Å². The van der Waals surface area contributed by atoms with E-state index in [1.165, 1.54) is 0 Å². The Labute approximate surface area is 117 Å². The first kappa shape index (κ1) is 16.1. The molecule has 2 atom stereocenters. The van der Waals surface area contributed by atoms with Crippen LogP contribution in [0.4, 0.5) is 0 Å². The summed E-state index contributed by atoms with van der Waals surface area (Å²) in [6, 6.07) is 7.45. The Morgan fingerprint density at radius 2 is 2.26 bits per heavy atom. The molecule has 0 aliphatic rings. The molecule has 19 heavy (non-hydrogen) atoms. The molecule has 0 fully saturated rings. The number of nitrogens with two attached hydrogens (primary N) is 1. The number of rotatable bonds is 9. The zero-order valence-electron chi connectivity index (χ0n) is 11.4. The van der Waals surface area contributed by atoms with Gasteiger partial charge in [0.2, 0.25) is 0 Å². The molecule has 1 aromatic carbocycles. The molecule has 0 amide bonds. The summed E-state index contributed by atoms with van der Waals surface area (Å²) in [5.41, 5.74) is 6.53. The van der Waals surface area contributed by atoms with Crippen molar-refractivity contribution in [1.82, 2.24) is 0 Å². The van der Waals surface area contributed by atoms with Crippen molar-refractivity contribution < 1.29 is 14.1 Å². The van der Waals surface area contributed by atoms with Crippen LogP contribution in [0.1, 0.15) is 25.3 Å². The van der Waals surface area contributed by atoms with E-state index in [1.54, 1.807) is 0 Å². The Morgan fingerprint density at radius 1 is 1.47 bits per heavy atom. The molecule has 0 radical (unpaired) electrons. The van der Waals surface area contributed by atoms with Crippen LogP contribution in [0.3, 0.4) is 0 Å². The summed E-state index contributed by atoms with van der Waals surface area (Å²) < 4.78 is 17.1. The molecule has 0 aromatic heterocycles. The van der Waals surface area contributed by atoms with Crippen molar-refractivity contribution >= 4 is 10.8 Å². The zero-order chi connectivity index (χ0) is 14.1. The standard InChI is InChI=1S/C14H23NO3S/c1-2-3-7-19(17)11-13(16)10-18-14-6-4-5-12(8-14)9-15/h4-6,8,13,16H,2-3,7,9-11,15H2,1H3. The average molecular weight is 285 g/mol. The highest BCUT2D eigenvalue weighted by Gasteiger charge is 2.10. The van der Waals surface area contributed by atoms with E-state index in [2.05, 4.69) is 6.92 Å². The number of ether oxygens (including phenoxy) is 1. The smallest absolute Gasteiger partial charge is 0.119 e. The van der Waals surface area contributed by atoms with Gasteiger partial charge in [0.15, 0.2) is 0 Å². The number of aliphatic hydroxyl groups is 1. The van der Waals surface area contributed by atoms with Crippen molar-refractivity contribution in [1.29, 1.82) is 0 Å². The lowest BCUT2D eigenvalue weighted by atomic mass is 10.2. The van der Waals surface area contributed by atoms with Crippen LogP contribution in [0.15, 0.2) is 24.3 Å². The number of hydrogen-bond acceptors (Lipinski definition) is 4. The number of unbranched alkanes of at least 4 members (excludes halogenated alkanes) is 1. The van der Waals surface area contributed by atoms with Gasteiger partial charge in [0, 0.05) is 23.1 Å². The summed E-state index contributed by atoms with van der Waals surface area (Å²) in [5.74, 6) is 1.61. The normalized spacial score (nSPS) is 14.1. The largest absolute Gasteiger partial charge is 0.491 e. The zero-order valence-corrected chi connectivity index (χ0v) is 12.2. The third kappa shape index (κ3) is 6.71. The second-order valence-corrected chi connectivity index (χ2v) is 6.10. The Hall–Kier alpha value is -0.910. The van der Waals surface area contributed by atoms with Gasteiger partial charge in [0.1, 0.15) is 12.4 Å². The minimum absolute atomic E-state index is 0.159. The van der Waals surface area contributed by atoms with E-state index in [0.717, 1.165) is 18.4 Å². The highest BCUT2D eigenvalue weighted by molar-refractivity contribution is 7.85. The fourth-order valence-electron chi connectivity index (χ4n) is 1.61. The highest BCUT2D eigenvalue weighted by atomic mass is 32.2. The molecule has 2 unspecified atom stereocenters. The van der Waals surface area contributed by atoms with E-state index in [1.807, 2.05) is 24.3 Å². The maximum Gasteiger partial charge on any atom is 0.119 e. The Morgan fingerprint density at radius 3 is 2.95 bits per heavy atom. The second kappa shape index (κ2) is 9.07. The lowest BCUT2D eigenvalue weighted by molar-refractivity contribution is 0.125. The molecular formula is C14H23NO3S. The van der Waals surface area contributed by atoms with Crippen LogP contribution in [0.25, 0.3) is 0 Å². The molecule has 5 heteroatoms. The minimum Gasteiger partial charge on any atom is -0.491 e. The number of benzene rings is 1. The topological polar surface area (TPSA) is 72.5 Å². The monoisotopic (exact) mass is 285 g/mol. The van der Waals surface area contributed by atoms with Crippen LogP contribution in [0.5, 0.6) is 5.75 Å². The van der Waals surface area contributed by atoms with Crippen LogP contribution < -0.4 is 10.5 Å². The van der Waals surface area contributed by atoms with Crippen LogP contribution in [0, 0.1) is 0 Å². The van der Waals surface area contributed by atoms with E-state index in [-0.39, 0.29) is 12.4 Å². The molecule has 4 nitrogen and oxygen atoms in total. The minimum atomic E-state index is -0.964. The summed E-state index contributed by atoms with van der Waals surface area (Å²) in [4.78, 5) is 0. The van der Waals surface area contributed by atoms with E-state index in [9.17, 15) is 9.32 Å². The summed E-state index contributed by atoms with van der Waals surface area (Å²) in [5, 5.41) is 9.76. The molecule has 108 valence electrons. The molecule has 0 heterocycles. The van der Waals surface area contributed by atoms with Gasteiger partial charge in [0.05, 0.1) is 11.9 Å². The lowest BCUT2D eigenvalue weighted by Crippen LogP contribution is -2.25. The van der Waals surface area contributed by atoms with Crippen molar-refractivity contribution in [3.63, 3.8) is 0 Å². The van der Waals surface area contributed by atoms with Crippen molar-refractivity contribution in [3.05, 3.63) is 29.8 Å². The molecule has 0 spiro atoms. The molecule has 0 saturated carbocycles. The Kier molecular flexibility index (Phi) is 7.70. The van der Waals surface area contributed by atoms with Crippen molar-refractivity contribution in [2.45, 2.75) is 32.4 Å². The maximum atomic E-state index is 11.6. The van der Waals surface area contributed by atoms with Gasteiger partial charge in [-0.1, -0.05) is 25.5 Å². The quantitative estimate of drug-likeness (QED) is 0.720. The van der Waals surface area contributed by atoms with E-state index in [4.69, 9.17) is 10.5 Å². The van der Waals surface area contributed by atoms with Crippen LogP contribution >= 0.6 is 0 Å². The maximum absolute atomic E-state index is 11.6.